The van der Waals surface area contributed by atoms with E-state index >= 15 is 0 Å². The zero-order valence-electron chi connectivity index (χ0n) is 10.3. The maximum absolute atomic E-state index is 11.6. The molecule has 1 aromatic heterocycles. The highest BCUT2D eigenvalue weighted by molar-refractivity contribution is 5.88. The van der Waals surface area contributed by atoms with Crippen LogP contribution in [0.4, 0.5) is 0 Å². The lowest BCUT2D eigenvalue weighted by molar-refractivity contribution is 0.0515. The molecule has 0 aromatic carbocycles. The third-order valence-electron chi connectivity index (χ3n) is 2.24. The minimum Gasteiger partial charge on any atom is -0.461 e. The van der Waals surface area contributed by atoms with Crippen molar-refractivity contribution in [1.29, 1.82) is 0 Å². The molecule has 17 heavy (non-hydrogen) atoms. The molecule has 0 atom stereocenters. The van der Waals surface area contributed by atoms with Gasteiger partial charge in [0.15, 0.2) is 0 Å². The number of nitrogens with zero attached hydrogens (tertiary/aromatic N) is 2. The molecule has 0 aliphatic carbocycles. The largest absolute Gasteiger partial charge is 0.461 e. The van der Waals surface area contributed by atoms with Crippen molar-refractivity contribution in [1.82, 2.24) is 4.68 Å². The van der Waals surface area contributed by atoms with Crippen molar-refractivity contribution in [3.63, 3.8) is 0 Å². The van der Waals surface area contributed by atoms with Gasteiger partial charge in [0.25, 0.3) is 0 Å². The zero-order chi connectivity index (χ0) is 12.7. The molecule has 94 valence electrons. The Morgan fingerprint density at radius 2 is 2.29 bits per heavy atom. The first-order chi connectivity index (χ1) is 8.19. The standard InChI is InChI=1S/C12H19N3O2/c1-3-5-8-11(13)14-15-9-6-7-10(15)12(16)17-4-2/h6-7,9H,3-5,8H2,1-2H3,(H2,13,14). The van der Waals surface area contributed by atoms with Gasteiger partial charge >= 0.3 is 5.97 Å². The van der Waals surface area contributed by atoms with Crippen LogP contribution in [-0.4, -0.2) is 23.1 Å². The molecular formula is C12H19N3O2. The summed E-state index contributed by atoms with van der Waals surface area (Å²) in [5.41, 5.74) is 6.17. The number of ether oxygens (including phenoxy) is 1. The Morgan fingerprint density at radius 3 is 2.94 bits per heavy atom. The van der Waals surface area contributed by atoms with Gasteiger partial charge in [-0.2, -0.15) is 5.10 Å². The predicted molar refractivity (Wildman–Crippen MR) is 66.9 cm³/mol. The number of esters is 1. The number of rotatable bonds is 6. The number of unbranched alkanes of at least 4 members (excludes halogenated alkanes) is 1. The van der Waals surface area contributed by atoms with E-state index in [1.165, 1.54) is 4.68 Å². The Kier molecular flexibility index (Phi) is 5.26. The summed E-state index contributed by atoms with van der Waals surface area (Å²) in [6, 6.07) is 3.40. The summed E-state index contributed by atoms with van der Waals surface area (Å²) < 4.78 is 6.38. The van der Waals surface area contributed by atoms with E-state index in [9.17, 15) is 4.79 Å². The third kappa shape index (κ3) is 3.94. The van der Waals surface area contributed by atoms with Crippen LogP contribution in [0.5, 0.6) is 0 Å². The summed E-state index contributed by atoms with van der Waals surface area (Å²) in [5, 5.41) is 4.17. The van der Waals surface area contributed by atoms with Crippen LogP contribution in [0.15, 0.2) is 23.4 Å². The maximum atomic E-state index is 11.6. The molecule has 0 aliphatic heterocycles. The molecule has 0 bridgehead atoms. The fourth-order valence-electron chi connectivity index (χ4n) is 1.37. The molecule has 0 radical (unpaired) electrons. The summed E-state index contributed by atoms with van der Waals surface area (Å²) >= 11 is 0. The molecule has 0 aliphatic rings. The second-order valence-electron chi connectivity index (χ2n) is 3.65. The average molecular weight is 237 g/mol. The van der Waals surface area contributed by atoms with Crippen molar-refractivity contribution in [3.8, 4) is 0 Å². The SMILES string of the molecule is CCCC/C(N)=N/n1cccc1C(=O)OCC. The quantitative estimate of drug-likeness (QED) is 0.467. The second kappa shape index (κ2) is 6.73. The van der Waals surface area contributed by atoms with Crippen molar-refractivity contribution in [3.05, 3.63) is 24.0 Å². The normalized spacial score (nSPS) is 11.5. The summed E-state index contributed by atoms with van der Waals surface area (Å²) in [6.07, 6.45) is 4.47. The summed E-state index contributed by atoms with van der Waals surface area (Å²) in [6.45, 7) is 4.20. The molecule has 5 heteroatoms. The van der Waals surface area contributed by atoms with Crippen LogP contribution in [0, 0.1) is 0 Å². The van der Waals surface area contributed by atoms with E-state index in [0.717, 1.165) is 19.3 Å². The smallest absolute Gasteiger partial charge is 0.356 e. The van der Waals surface area contributed by atoms with Crippen LogP contribution in [0.2, 0.25) is 0 Å². The maximum Gasteiger partial charge on any atom is 0.356 e. The molecule has 0 spiro atoms. The van der Waals surface area contributed by atoms with Gasteiger partial charge < -0.3 is 10.5 Å². The molecule has 0 fully saturated rings. The van der Waals surface area contributed by atoms with Crippen molar-refractivity contribution < 1.29 is 9.53 Å². The van der Waals surface area contributed by atoms with Crippen LogP contribution in [0.3, 0.4) is 0 Å². The van der Waals surface area contributed by atoms with Gasteiger partial charge in [-0.1, -0.05) is 13.3 Å². The van der Waals surface area contributed by atoms with Gasteiger partial charge in [-0.3, -0.25) is 0 Å². The second-order valence-corrected chi connectivity index (χ2v) is 3.65. The minimum atomic E-state index is -0.385. The topological polar surface area (TPSA) is 69.6 Å². The van der Waals surface area contributed by atoms with Gasteiger partial charge in [-0.15, -0.1) is 0 Å². The summed E-state index contributed by atoms with van der Waals surface area (Å²) in [4.78, 5) is 11.6. The molecule has 1 heterocycles. The fraction of sp³-hybridized carbons (Fsp3) is 0.500. The van der Waals surface area contributed by atoms with Gasteiger partial charge in [0, 0.05) is 12.6 Å². The van der Waals surface area contributed by atoms with Gasteiger partial charge in [0.05, 0.1) is 6.61 Å². The van der Waals surface area contributed by atoms with Crippen LogP contribution < -0.4 is 5.73 Å². The Balaban J connectivity index is 2.78. The van der Waals surface area contributed by atoms with Crippen LogP contribution in [0.25, 0.3) is 0 Å². The molecule has 1 rings (SSSR count). The van der Waals surface area contributed by atoms with E-state index in [0.29, 0.717) is 18.1 Å². The third-order valence-corrected chi connectivity index (χ3v) is 2.24. The molecule has 0 amide bonds. The average Bonchev–Trinajstić information content (AvgIpc) is 2.75. The van der Waals surface area contributed by atoms with Gasteiger partial charge in [0.1, 0.15) is 11.5 Å². The Labute approximate surface area is 101 Å². The van der Waals surface area contributed by atoms with E-state index in [1.807, 2.05) is 0 Å². The van der Waals surface area contributed by atoms with E-state index < -0.39 is 0 Å². The van der Waals surface area contributed by atoms with Gasteiger partial charge in [-0.25, -0.2) is 9.47 Å². The first kappa shape index (κ1) is 13.3. The number of hydrogen-bond acceptors (Lipinski definition) is 3. The van der Waals surface area contributed by atoms with Gasteiger partial charge in [0.2, 0.25) is 0 Å². The first-order valence-corrected chi connectivity index (χ1v) is 5.86. The van der Waals surface area contributed by atoms with Crippen molar-refractivity contribution in [2.75, 3.05) is 6.61 Å². The molecule has 0 saturated carbocycles. The van der Waals surface area contributed by atoms with E-state index in [1.54, 1.807) is 25.3 Å². The molecule has 1 aromatic rings. The molecule has 5 nitrogen and oxygen atoms in total. The first-order valence-electron chi connectivity index (χ1n) is 5.86. The number of amidine groups is 1. The Bertz CT molecular complexity index is 396. The van der Waals surface area contributed by atoms with Crippen molar-refractivity contribution in [2.24, 2.45) is 10.8 Å². The summed E-state index contributed by atoms with van der Waals surface area (Å²) in [7, 11) is 0. The summed E-state index contributed by atoms with van der Waals surface area (Å²) in [5.74, 6) is 0.137. The molecule has 0 saturated heterocycles. The highest BCUT2D eigenvalue weighted by atomic mass is 16.5. The van der Waals surface area contributed by atoms with Crippen LogP contribution in [-0.2, 0) is 4.74 Å². The van der Waals surface area contributed by atoms with Crippen LogP contribution in [0.1, 0.15) is 43.6 Å². The number of carbonyl (C=O) groups is 1. The molecular weight excluding hydrogens is 218 g/mol. The predicted octanol–water partition coefficient (Wildman–Crippen LogP) is 1.98. The van der Waals surface area contributed by atoms with Crippen LogP contribution >= 0.6 is 0 Å². The number of carbonyl (C=O) groups excluding carboxylic acids is 1. The highest BCUT2D eigenvalue weighted by Gasteiger charge is 2.11. The lowest BCUT2D eigenvalue weighted by Gasteiger charge is -2.04. The number of hydrogen-bond donors (Lipinski definition) is 1. The Hall–Kier alpha value is -1.78. The lowest BCUT2D eigenvalue weighted by atomic mass is 10.2. The Morgan fingerprint density at radius 1 is 1.53 bits per heavy atom. The minimum absolute atomic E-state index is 0.346. The van der Waals surface area contributed by atoms with Crippen molar-refractivity contribution in [2.45, 2.75) is 33.1 Å². The molecule has 0 unspecified atom stereocenters. The lowest BCUT2D eigenvalue weighted by Crippen LogP contribution is -2.16. The van der Waals surface area contributed by atoms with E-state index in [2.05, 4.69) is 12.0 Å². The number of nitrogens with two attached hydrogens (primary N) is 1. The van der Waals surface area contributed by atoms with Gasteiger partial charge in [-0.05, 0) is 25.5 Å². The highest BCUT2D eigenvalue weighted by Crippen LogP contribution is 2.05. The van der Waals surface area contributed by atoms with E-state index in [4.69, 9.17) is 10.5 Å². The van der Waals surface area contributed by atoms with Crippen molar-refractivity contribution >= 4 is 11.8 Å². The number of aromatic nitrogens is 1. The zero-order valence-corrected chi connectivity index (χ0v) is 10.3. The monoisotopic (exact) mass is 237 g/mol. The fourth-order valence-corrected chi connectivity index (χ4v) is 1.37. The van der Waals surface area contributed by atoms with E-state index in [-0.39, 0.29) is 5.97 Å². The molecule has 2 N–H and O–H groups in total.